The Morgan fingerprint density at radius 2 is 1.69 bits per heavy atom. The predicted molar refractivity (Wildman–Crippen MR) is 129 cm³/mol. The fourth-order valence-corrected chi connectivity index (χ4v) is 3.46. The van der Waals surface area contributed by atoms with Crippen molar-refractivity contribution in [2.75, 3.05) is 13.1 Å². The van der Waals surface area contributed by atoms with Crippen molar-refractivity contribution in [2.24, 2.45) is 5.10 Å². The molecule has 0 aromatic heterocycles. The van der Waals surface area contributed by atoms with Crippen molar-refractivity contribution in [3.8, 4) is 5.75 Å². The van der Waals surface area contributed by atoms with Gasteiger partial charge in [-0.05, 0) is 54.5 Å². The Morgan fingerprint density at radius 1 is 1.03 bits per heavy atom. The summed E-state index contributed by atoms with van der Waals surface area (Å²) in [5.41, 5.74) is 4.48. The Morgan fingerprint density at radius 3 is 2.34 bits per heavy atom. The number of carbonyl (C=O) groups is 2. The van der Waals surface area contributed by atoms with E-state index >= 15 is 0 Å². The van der Waals surface area contributed by atoms with Crippen molar-refractivity contribution in [3.05, 3.63) is 82.4 Å². The van der Waals surface area contributed by atoms with Crippen molar-refractivity contribution in [3.63, 3.8) is 0 Å². The van der Waals surface area contributed by atoms with Gasteiger partial charge in [-0.15, -0.1) is 0 Å². The molecular formula is C25H24ClN3O3. The molecule has 0 saturated heterocycles. The van der Waals surface area contributed by atoms with Gasteiger partial charge in [0.1, 0.15) is 5.75 Å². The third-order valence-corrected chi connectivity index (χ3v) is 5.35. The summed E-state index contributed by atoms with van der Waals surface area (Å²) in [6, 6.07) is 15.8. The second-order valence-electron chi connectivity index (χ2n) is 7.00. The lowest BCUT2D eigenvalue weighted by molar-refractivity contribution is -0.125. The highest BCUT2D eigenvalue weighted by Gasteiger charge is 2.09. The van der Waals surface area contributed by atoms with Gasteiger partial charge in [0.05, 0.1) is 11.2 Å². The fourth-order valence-electron chi connectivity index (χ4n) is 3.28. The van der Waals surface area contributed by atoms with E-state index in [0.29, 0.717) is 13.1 Å². The summed E-state index contributed by atoms with van der Waals surface area (Å²) in [7, 11) is 0. The maximum Gasteiger partial charge on any atom is 0.271 e. The Balaban J connectivity index is 1.81. The number of halogens is 1. The Labute approximate surface area is 191 Å². The first-order chi connectivity index (χ1) is 15.4. The smallest absolute Gasteiger partial charge is 0.271 e. The minimum Gasteiger partial charge on any atom is -0.506 e. The van der Waals surface area contributed by atoms with Crippen LogP contribution in [0.25, 0.3) is 16.8 Å². The van der Waals surface area contributed by atoms with Crippen molar-refractivity contribution >= 4 is 46.5 Å². The number of phenols is 1. The molecule has 0 spiro atoms. The van der Waals surface area contributed by atoms with Crippen LogP contribution in [0.5, 0.6) is 5.75 Å². The van der Waals surface area contributed by atoms with Crippen LogP contribution in [0, 0.1) is 0 Å². The van der Waals surface area contributed by atoms with Gasteiger partial charge in [0.2, 0.25) is 5.91 Å². The van der Waals surface area contributed by atoms with Gasteiger partial charge in [-0.2, -0.15) is 5.10 Å². The molecule has 0 heterocycles. The highest BCUT2D eigenvalue weighted by Crippen LogP contribution is 2.24. The van der Waals surface area contributed by atoms with Crippen LogP contribution in [0.15, 0.2) is 65.8 Å². The van der Waals surface area contributed by atoms with Crippen molar-refractivity contribution < 1.29 is 14.7 Å². The van der Waals surface area contributed by atoms with Gasteiger partial charge < -0.3 is 10.0 Å². The molecular weight excluding hydrogens is 426 g/mol. The molecule has 3 aromatic carbocycles. The lowest BCUT2D eigenvalue weighted by atomic mass is 9.99. The van der Waals surface area contributed by atoms with Crippen LogP contribution in [-0.2, 0) is 4.79 Å². The molecule has 164 valence electrons. The highest BCUT2D eigenvalue weighted by molar-refractivity contribution is 6.32. The molecule has 0 aliphatic rings. The zero-order valence-electron chi connectivity index (χ0n) is 17.9. The second kappa shape index (κ2) is 10.6. The number of likely N-dealkylation sites (N-methyl/N-ethyl adjacent to an activating group) is 1. The predicted octanol–water partition coefficient (Wildman–Crippen LogP) is 4.84. The summed E-state index contributed by atoms with van der Waals surface area (Å²) < 4.78 is 0. The van der Waals surface area contributed by atoms with Crippen LogP contribution in [0.4, 0.5) is 0 Å². The maximum atomic E-state index is 12.3. The first-order valence-corrected chi connectivity index (χ1v) is 10.6. The molecule has 2 amide bonds. The molecule has 7 heteroatoms. The number of hydrazone groups is 1. The SMILES string of the molecule is CCN(CC)C(=O)C=Cc1ccc(C=NNC(=O)c2ccc(O)c(Cl)c2)c2ccccc12. The van der Waals surface area contributed by atoms with E-state index in [4.69, 9.17) is 11.6 Å². The minimum absolute atomic E-state index is 0.0261. The molecule has 3 rings (SSSR count). The number of rotatable bonds is 7. The number of benzene rings is 3. The van der Waals surface area contributed by atoms with E-state index in [1.54, 1.807) is 17.2 Å². The minimum atomic E-state index is -0.443. The number of amides is 2. The van der Waals surface area contributed by atoms with E-state index in [1.807, 2.05) is 56.3 Å². The Bertz CT molecular complexity index is 1200. The van der Waals surface area contributed by atoms with Crippen LogP contribution in [-0.4, -0.2) is 41.1 Å². The molecule has 0 aliphatic carbocycles. The van der Waals surface area contributed by atoms with Crippen LogP contribution < -0.4 is 5.43 Å². The quantitative estimate of drug-likeness (QED) is 0.307. The van der Waals surface area contributed by atoms with E-state index in [-0.39, 0.29) is 22.2 Å². The maximum absolute atomic E-state index is 12.3. The number of nitrogens with one attached hydrogen (secondary N) is 1. The van der Waals surface area contributed by atoms with Crippen molar-refractivity contribution in [1.82, 2.24) is 10.3 Å². The van der Waals surface area contributed by atoms with Crippen LogP contribution in [0.1, 0.15) is 35.3 Å². The lowest BCUT2D eigenvalue weighted by Crippen LogP contribution is -2.28. The molecule has 0 saturated carbocycles. The topological polar surface area (TPSA) is 82.0 Å². The monoisotopic (exact) mass is 449 g/mol. The van der Waals surface area contributed by atoms with Gasteiger partial charge in [-0.3, -0.25) is 9.59 Å². The summed E-state index contributed by atoms with van der Waals surface area (Å²) >= 11 is 5.85. The molecule has 0 fully saturated rings. The van der Waals surface area contributed by atoms with Crippen molar-refractivity contribution in [1.29, 1.82) is 0 Å². The summed E-state index contributed by atoms with van der Waals surface area (Å²) in [6.45, 7) is 5.23. The summed E-state index contributed by atoms with van der Waals surface area (Å²) in [6.07, 6.45) is 4.97. The number of carbonyl (C=O) groups excluding carboxylic acids is 2. The number of phenolic OH excluding ortho intramolecular Hbond substituents is 1. The molecule has 0 radical (unpaired) electrons. The highest BCUT2D eigenvalue weighted by atomic mass is 35.5. The molecule has 0 aliphatic heterocycles. The first-order valence-electron chi connectivity index (χ1n) is 10.2. The zero-order chi connectivity index (χ0) is 23.1. The molecule has 0 bridgehead atoms. The molecule has 0 atom stereocenters. The van der Waals surface area contributed by atoms with Gasteiger partial charge in [0, 0.05) is 30.3 Å². The molecule has 6 nitrogen and oxygen atoms in total. The number of hydrogen-bond donors (Lipinski definition) is 2. The van der Waals surface area contributed by atoms with Gasteiger partial charge in [0.25, 0.3) is 5.91 Å². The largest absolute Gasteiger partial charge is 0.506 e. The van der Waals surface area contributed by atoms with Gasteiger partial charge in [0.15, 0.2) is 0 Å². The van der Waals surface area contributed by atoms with E-state index in [0.717, 1.165) is 21.9 Å². The van der Waals surface area contributed by atoms with E-state index in [9.17, 15) is 14.7 Å². The van der Waals surface area contributed by atoms with E-state index in [1.165, 1.54) is 18.2 Å². The molecule has 0 unspecified atom stereocenters. The third kappa shape index (κ3) is 5.34. The molecule has 2 N–H and O–H groups in total. The van der Waals surface area contributed by atoms with E-state index < -0.39 is 5.91 Å². The Kier molecular flexibility index (Phi) is 7.63. The fraction of sp³-hybridized carbons (Fsp3) is 0.160. The average Bonchev–Trinajstić information content (AvgIpc) is 2.80. The van der Waals surface area contributed by atoms with Gasteiger partial charge in [-0.1, -0.05) is 48.0 Å². The molecule has 3 aromatic rings. The molecule has 32 heavy (non-hydrogen) atoms. The van der Waals surface area contributed by atoms with Gasteiger partial charge in [-0.25, -0.2) is 5.43 Å². The van der Waals surface area contributed by atoms with Crippen molar-refractivity contribution in [2.45, 2.75) is 13.8 Å². The van der Waals surface area contributed by atoms with Crippen LogP contribution in [0.3, 0.4) is 0 Å². The normalized spacial score (nSPS) is 11.3. The first kappa shape index (κ1) is 23.0. The Hall–Kier alpha value is -3.64. The summed E-state index contributed by atoms with van der Waals surface area (Å²) in [4.78, 5) is 26.3. The van der Waals surface area contributed by atoms with Crippen LogP contribution in [0.2, 0.25) is 5.02 Å². The average molecular weight is 450 g/mol. The van der Waals surface area contributed by atoms with E-state index in [2.05, 4.69) is 10.5 Å². The van der Waals surface area contributed by atoms with Crippen LogP contribution >= 0.6 is 11.6 Å². The summed E-state index contributed by atoms with van der Waals surface area (Å²) in [5, 5.41) is 15.5. The third-order valence-electron chi connectivity index (χ3n) is 5.05. The number of fused-ring (bicyclic) bond motifs is 1. The van der Waals surface area contributed by atoms with Gasteiger partial charge >= 0.3 is 0 Å². The number of hydrogen-bond acceptors (Lipinski definition) is 4. The second-order valence-corrected chi connectivity index (χ2v) is 7.41. The number of aromatic hydroxyl groups is 1. The standard InChI is InChI=1S/C25H24ClN3O3/c1-3-29(4-2)24(31)14-12-17-9-10-19(21-8-6-5-7-20(17)21)16-27-28-25(32)18-11-13-23(30)22(26)15-18/h5-16,30H,3-4H2,1-2H3,(H,28,32). The summed E-state index contributed by atoms with van der Waals surface area (Å²) in [5.74, 6) is -0.560. The zero-order valence-corrected chi connectivity index (χ0v) is 18.6. The lowest BCUT2D eigenvalue weighted by Gasteiger charge is -2.16. The number of nitrogens with zero attached hydrogens (tertiary/aromatic N) is 2.